The van der Waals surface area contributed by atoms with Crippen molar-refractivity contribution < 1.29 is 85.1 Å². The molecule has 0 saturated carbocycles. The molecule has 6 nitrogen and oxygen atoms in total. The van der Waals surface area contributed by atoms with E-state index in [9.17, 15) is 25.9 Å². The monoisotopic (exact) mass is 412 g/mol. The molecule has 10 heteroatoms. The molecular weight excluding hydrogens is 398 g/mol. The zero-order valence-corrected chi connectivity index (χ0v) is 20.5. The van der Waals surface area contributed by atoms with Crippen molar-refractivity contribution in [2.75, 3.05) is 0 Å². The van der Waals surface area contributed by atoms with Crippen LogP contribution in [0.3, 0.4) is 0 Å². The number of benzene rings is 2. The van der Waals surface area contributed by atoms with Gasteiger partial charge >= 0.3 is 59.1 Å². The van der Waals surface area contributed by atoms with Crippen LogP contribution in [-0.4, -0.2) is 25.9 Å². The molecule has 26 heavy (non-hydrogen) atoms. The first-order valence-corrected chi connectivity index (χ1v) is 9.61. The second kappa shape index (κ2) is 9.97. The molecule has 0 aromatic heterocycles. The normalized spacial score (nSPS) is 11.7. The summed E-state index contributed by atoms with van der Waals surface area (Å²) in [4.78, 5) is -0.810. The molecule has 2 aromatic rings. The van der Waals surface area contributed by atoms with E-state index >= 15 is 0 Å². The molecule has 0 fully saturated rings. The largest absolute Gasteiger partial charge is 1.00 e. The van der Waals surface area contributed by atoms with Crippen LogP contribution >= 0.6 is 0 Å². The predicted molar refractivity (Wildman–Crippen MR) is 87.2 cm³/mol. The number of hydrogen-bond donors (Lipinski definition) is 0. The van der Waals surface area contributed by atoms with Crippen LogP contribution in [0.2, 0.25) is 0 Å². The van der Waals surface area contributed by atoms with Gasteiger partial charge in [-0.15, -0.1) is 0 Å². The Kier molecular flexibility index (Phi) is 9.97. The molecule has 0 heterocycles. The van der Waals surface area contributed by atoms with Gasteiger partial charge in [0.2, 0.25) is 0 Å². The van der Waals surface area contributed by atoms with Crippen LogP contribution in [0.15, 0.2) is 46.2 Å². The van der Waals surface area contributed by atoms with Gasteiger partial charge in [0.15, 0.2) is 0 Å². The summed E-state index contributed by atoms with van der Waals surface area (Å²) in [6, 6.07) is 8.60. The Balaban J connectivity index is 0.00000312. The van der Waals surface area contributed by atoms with Gasteiger partial charge in [0.1, 0.15) is 20.2 Å². The second-order valence-electron chi connectivity index (χ2n) is 5.32. The van der Waals surface area contributed by atoms with Crippen molar-refractivity contribution in [1.82, 2.24) is 0 Å². The van der Waals surface area contributed by atoms with Crippen molar-refractivity contribution in [3.8, 4) is 0 Å². The Morgan fingerprint density at radius 3 is 1.27 bits per heavy atom. The minimum Gasteiger partial charge on any atom is -0.744 e. The molecule has 0 radical (unpaired) electrons. The van der Waals surface area contributed by atoms with Gasteiger partial charge in [-0.25, -0.2) is 16.8 Å². The van der Waals surface area contributed by atoms with Crippen LogP contribution in [0.1, 0.15) is 22.3 Å². The molecule has 0 bridgehead atoms. The molecule has 0 amide bonds. The van der Waals surface area contributed by atoms with E-state index in [-0.39, 0.29) is 70.2 Å². The van der Waals surface area contributed by atoms with Crippen molar-refractivity contribution in [2.24, 2.45) is 0 Å². The number of hydrogen-bond acceptors (Lipinski definition) is 6. The number of aryl methyl sites for hydroxylation is 2. The third-order valence-corrected chi connectivity index (χ3v) is 5.10. The summed E-state index contributed by atoms with van der Waals surface area (Å²) in [6.45, 7) is 3.29. The van der Waals surface area contributed by atoms with E-state index in [0.717, 1.165) is 0 Å². The summed E-state index contributed by atoms with van der Waals surface area (Å²) in [6.07, 6.45) is 2.59. The first-order chi connectivity index (χ1) is 11.0. The Labute approximate surface area is 197 Å². The van der Waals surface area contributed by atoms with Crippen molar-refractivity contribution in [1.29, 1.82) is 0 Å². The average Bonchev–Trinajstić information content (AvgIpc) is 2.45. The van der Waals surface area contributed by atoms with Crippen molar-refractivity contribution in [3.63, 3.8) is 0 Å². The minimum atomic E-state index is -4.69. The standard InChI is InChI=1S/C16H16O6S2.2Na/c1-11-3-5-13(15(9-11)23(17,18)19)7-8-14-6-4-12(2)10-16(14)24(20,21)22;;/h3-10H,1-2H3,(H,17,18,19)(H,20,21,22);;/q;2*+1/p-2. The smallest absolute Gasteiger partial charge is 0.744 e. The van der Waals surface area contributed by atoms with Gasteiger partial charge in [-0.2, -0.15) is 0 Å². The van der Waals surface area contributed by atoms with Gasteiger partial charge in [0, 0.05) is 0 Å². The molecule has 0 aliphatic carbocycles. The summed E-state index contributed by atoms with van der Waals surface area (Å²) in [5.74, 6) is 0. The molecule has 0 N–H and O–H groups in total. The number of rotatable bonds is 4. The zero-order chi connectivity index (χ0) is 18.1. The topological polar surface area (TPSA) is 114 Å². The van der Waals surface area contributed by atoms with Crippen LogP contribution in [0.4, 0.5) is 0 Å². The van der Waals surface area contributed by atoms with E-state index in [1.807, 2.05) is 0 Å². The molecule has 2 aromatic carbocycles. The second-order valence-corrected chi connectivity index (χ2v) is 8.02. The van der Waals surface area contributed by atoms with Crippen LogP contribution in [0.25, 0.3) is 12.2 Å². The Morgan fingerprint density at radius 2 is 1.00 bits per heavy atom. The van der Waals surface area contributed by atoms with Crippen molar-refractivity contribution in [3.05, 3.63) is 58.7 Å². The van der Waals surface area contributed by atoms with Crippen LogP contribution < -0.4 is 59.1 Å². The van der Waals surface area contributed by atoms with Crippen molar-refractivity contribution >= 4 is 32.4 Å². The third kappa shape index (κ3) is 6.87. The van der Waals surface area contributed by atoms with Crippen LogP contribution in [-0.2, 0) is 20.2 Å². The van der Waals surface area contributed by atoms with E-state index in [1.165, 1.54) is 36.4 Å². The molecule has 0 aliphatic heterocycles. The van der Waals surface area contributed by atoms with E-state index < -0.39 is 30.0 Å². The molecule has 2 rings (SSSR count). The maximum Gasteiger partial charge on any atom is 1.00 e. The van der Waals surface area contributed by atoms with E-state index in [4.69, 9.17) is 0 Å². The Morgan fingerprint density at radius 1 is 0.692 bits per heavy atom. The fraction of sp³-hybridized carbons (Fsp3) is 0.125. The van der Waals surface area contributed by atoms with Crippen molar-refractivity contribution in [2.45, 2.75) is 23.6 Å². The minimum absolute atomic E-state index is 0. The zero-order valence-electron chi connectivity index (χ0n) is 14.9. The molecule has 0 spiro atoms. The Bertz CT molecular complexity index is 945. The fourth-order valence-corrected chi connectivity index (χ4v) is 3.68. The molecule has 0 aliphatic rings. The molecule has 0 unspecified atom stereocenters. The van der Waals surface area contributed by atoms with Gasteiger partial charge in [0.05, 0.1) is 9.79 Å². The van der Waals surface area contributed by atoms with Gasteiger partial charge in [-0.1, -0.05) is 36.4 Å². The SMILES string of the molecule is Cc1ccc(C=Cc2ccc(C)cc2S(=O)(=O)[O-])c(S(=O)(=O)[O-])c1.[Na+].[Na+]. The Hall–Kier alpha value is 0.000000000000000888. The summed E-state index contributed by atoms with van der Waals surface area (Å²) >= 11 is 0. The third-order valence-electron chi connectivity index (χ3n) is 3.32. The van der Waals surface area contributed by atoms with Gasteiger partial charge in [-0.05, 0) is 48.2 Å². The fourth-order valence-electron chi connectivity index (χ4n) is 2.17. The van der Waals surface area contributed by atoms with E-state index in [2.05, 4.69) is 0 Å². The van der Waals surface area contributed by atoms with Gasteiger partial charge in [-0.3, -0.25) is 0 Å². The maximum absolute atomic E-state index is 11.4. The molecule has 128 valence electrons. The first-order valence-electron chi connectivity index (χ1n) is 6.79. The summed E-state index contributed by atoms with van der Waals surface area (Å²) in [5.41, 5.74) is 1.43. The first kappa shape index (κ1) is 26.0. The molecule has 0 saturated heterocycles. The quantitative estimate of drug-likeness (QED) is 0.290. The molecule has 0 atom stereocenters. The van der Waals surface area contributed by atoms with E-state index in [1.54, 1.807) is 26.0 Å². The predicted octanol–water partition coefficient (Wildman–Crippen LogP) is -3.71. The summed E-state index contributed by atoms with van der Waals surface area (Å²) < 4.78 is 68.1. The maximum atomic E-state index is 11.4. The summed E-state index contributed by atoms with van der Waals surface area (Å²) in [7, 11) is -9.37. The average molecular weight is 412 g/mol. The van der Waals surface area contributed by atoms with Crippen LogP contribution in [0, 0.1) is 13.8 Å². The van der Waals surface area contributed by atoms with Gasteiger partial charge in [0.25, 0.3) is 0 Å². The summed E-state index contributed by atoms with van der Waals surface area (Å²) in [5, 5.41) is 0. The van der Waals surface area contributed by atoms with Gasteiger partial charge < -0.3 is 9.11 Å². The van der Waals surface area contributed by atoms with Crippen LogP contribution in [0.5, 0.6) is 0 Å². The molecular formula is C16H14Na2O6S2. The van der Waals surface area contributed by atoms with E-state index in [0.29, 0.717) is 11.1 Å².